The van der Waals surface area contributed by atoms with E-state index < -0.39 is 6.10 Å². The molecule has 1 aromatic carbocycles. The van der Waals surface area contributed by atoms with Crippen molar-refractivity contribution < 1.29 is 9.50 Å². The molecule has 0 aliphatic carbocycles. The van der Waals surface area contributed by atoms with E-state index in [0.717, 1.165) is 5.56 Å². The van der Waals surface area contributed by atoms with Gasteiger partial charge in [0, 0.05) is 18.8 Å². The van der Waals surface area contributed by atoms with Gasteiger partial charge in [-0.05, 0) is 35.7 Å². The minimum atomic E-state index is -0.575. The molecule has 2 rings (SSSR count). The van der Waals surface area contributed by atoms with Crippen LogP contribution in [0, 0.1) is 5.82 Å². The third-order valence-electron chi connectivity index (χ3n) is 2.63. The molecule has 2 nitrogen and oxygen atoms in total. The van der Waals surface area contributed by atoms with E-state index in [1.807, 2.05) is 12.1 Å². The average molecular weight is 231 g/mol. The molecule has 0 saturated carbocycles. The van der Waals surface area contributed by atoms with Crippen LogP contribution in [0.4, 0.5) is 4.39 Å². The van der Waals surface area contributed by atoms with Crippen LogP contribution in [-0.2, 0) is 12.8 Å². The standard InChI is InChI=1S/C14H14FNO/c15-14-4-2-1-3-12(14)10-13(17)9-11-5-7-16-8-6-11/h1-8,13,17H,9-10H2. The molecule has 0 amide bonds. The second kappa shape index (κ2) is 5.55. The zero-order valence-electron chi connectivity index (χ0n) is 9.38. The summed E-state index contributed by atoms with van der Waals surface area (Å²) in [5.74, 6) is -0.263. The molecule has 0 radical (unpaired) electrons. The lowest BCUT2D eigenvalue weighted by atomic mass is 10.0. The van der Waals surface area contributed by atoms with Crippen LogP contribution in [0.1, 0.15) is 11.1 Å². The molecule has 1 atom stereocenters. The minimum absolute atomic E-state index is 0.263. The highest BCUT2D eigenvalue weighted by Crippen LogP contribution is 2.11. The summed E-state index contributed by atoms with van der Waals surface area (Å²) in [5, 5.41) is 9.89. The van der Waals surface area contributed by atoms with Gasteiger partial charge in [-0.3, -0.25) is 4.98 Å². The van der Waals surface area contributed by atoms with E-state index in [1.54, 1.807) is 30.6 Å². The quantitative estimate of drug-likeness (QED) is 0.876. The van der Waals surface area contributed by atoms with Crippen LogP contribution in [0.15, 0.2) is 48.8 Å². The molecule has 88 valence electrons. The monoisotopic (exact) mass is 231 g/mol. The first-order chi connectivity index (χ1) is 8.25. The summed E-state index contributed by atoms with van der Waals surface area (Å²) in [6.45, 7) is 0. The molecule has 1 unspecified atom stereocenters. The molecule has 1 N–H and O–H groups in total. The Morgan fingerprint density at radius 3 is 2.47 bits per heavy atom. The zero-order chi connectivity index (χ0) is 12.1. The lowest BCUT2D eigenvalue weighted by molar-refractivity contribution is 0.174. The molecular formula is C14H14FNO. The fourth-order valence-electron chi connectivity index (χ4n) is 1.78. The zero-order valence-corrected chi connectivity index (χ0v) is 9.38. The molecular weight excluding hydrogens is 217 g/mol. The van der Waals surface area contributed by atoms with Crippen molar-refractivity contribution in [2.24, 2.45) is 0 Å². The molecule has 0 saturated heterocycles. The van der Waals surface area contributed by atoms with Gasteiger partial charge in [0.2, 0.25) is 0 Å². The largest absolute Gasteiger partial charge is 0.392 e. The second-order valence-electron chi connectivity index (χ2n) is 4.01. The summed E-state index contributed by atoms with van der Waals surface area (Å²) in [4.78, 5) is 3.91. The van der Waals surface area contributed by atoms with Crippen molar-refractivity contribution in [1.29, 1.82) is 0 Å². The van der Waals surface area contributed by atoms with Crippen molar-refractivity contribution in [2.45, 2.75) is 18.9 Å². The van der Waals surface area contributed by atoms with E-state index in [4.69, 9.17) is 0 Å². The van der Waals surface area contributed by atoms with Gasteiger partial charge in [-0.15, -0.1) is 0 Å². The summed E-state index contributed by atoms with van der Waals surface area (Å²) < 4.78 is 13.4. The molecule has 1 heterocycles. The molecule has 0 bridgehead atoms. The van der Waals surface area contributed by atoms with Gasteiger partial charge >= 0.3 is 0 Å². The van der Waals surface area contributed by atoms with Gasteiger partial charge in [0.15, 0.2) is 0 Å². The van der Waals surface area contributed by atoms with E-state index in [0.29, 0.717) is 18.4 Å². The molecule has 0 aliphatic heterocycles. The van der Waals surface area contributed by atoms with Crippen LogP contribution in [0.25, 0.3) is 0 Å². The number of halogens is 1. The summed E-state index contributed by atoms with van der Waals surface area (Å²) in [5.41, 5.74) is 1.55. The average Bonchev–Trinajstić information content (AvgIpc) is 2.33. The number of pyridine rings is 1. The van der Waals surface area contributed by atoms with Gasteiger partial charge in [0.25, 0.3) is 0 Å². The Hall–Kier alpha value is -1.74. The first-order valence-corrected chi connectivity index (χ1v) is 5.56. The van der Waals surface area contributed by atoms with Gasteiger partial charge in [-0.2, -0.15) is 0 Å². The minimum Gasteiger partial charge on any atom is -0.392 e. The van der Waals surface area contributed by atoms with Gasteiger partial charge in [-0.25, -0.2) is 4.39 Å². The fraction of sp³-hybridized carbons (Fsp3) is 0.214. The van der Waals surface area contributed by atoms with Crippen LogP contribution in [0.3, 0.4) is 0 Å². The highest BCUT2D eigenvalue weighted by molar-refractivity contribution is 5.19. The predicted molar refractivity (Wildman–Crippen MR) is 64.1 cm³/mol. The van der Waals surface area contributed by atoms with E-state index in [1.165, 1.54) is 6.07 Å². The van der Waals surface area contributed by atoms with Gasteiger partial charge in [0.05, 0.1) is 6.10 Å². The van der Waals surface area contributed by atoms with Crippen molar-refractivity contribution in [2.75, 3.05) is 0 Å². The van der Waals surface area contributed by atoms with Gasteiger partial charge < -0.3 is 5.11 Å². The Balaban J connectivity index is 1.98. The molecule has 0 aliphatic rings. The van der Waals surface area contributed by atoms with Gasteiger partial charge in [-0.1, -0.05) is 18.2 Å². The number of benzene rings is 1. The van der Waals surface area contributed by atoms with Crippen molar-refractivity contribution in [3.63, 3.8) is 0 Å². The Kier molecular flexibility index (Phi) is 3.83. The Bertz CT molecular complexity index is 473. The normalized spacial score (nSPS) is 12.4. The number of aliphatic hydroxyl groups excluding tert-OH is 1. The number of hydrogen-bond donors (Lipinski definition) is 1. The van der Waals surface area contributed by atoms with Gasteiger partial charge in [0.1, 0.15) is 5.82 Å². The molecule has 1 aromatic heterocycles. The topological polar surface area (TPSA) is 33.1 Å². The Morgan fingerprint density at radius 1 is 1.06 bits per heavy atom. The lowest BCUT2D eigenvalue weighted by Gasteiger charge is -2.11. The van der Waals surface area contributed by atoms with E-state index in [2.05, 4.69) is 4.98 Å². The van der Waals surface area contributed by atoms with E-state index in [-0.39, 0.29) is 5.82 Å². The second-order valence-corrected chi connectivity index (χ2v) is 4.01. The Labute approximate surface area is 99.8 Å². The first kappa shape index (κ1) is 11.7. The van der Waals surface area contributed by atoms with Crippen LogP contribution in [0.2, 0.25) is 0 Å². The first-order valence-electron chi connectivity index (χ1n) is 5.56. The number of aromatic nitrogens is 1. The summed E-state index contributed by atoms with van der Waals surface area (Å²) >= 11 is 0. The van der Waals surface area contributed by atoms with Crippen LogP contribution in [-0.4, -0.2) is 16.2 Å². The number of aliphatic hydroxyl groups is 1. The van der Waals surface area contributed by atoms with Crippen LogP contribution >= 0.6 is 0 Å². The summed E-state index contributed by atoms with van der Waals surface area (Å²) in [6, 6.07) is 10.2. The molecule has 0 fully saturated rings. The van der Waals surface area contributed by atoms with Crippen LogP contribution < -0.4 is 0 Å². The van der Waals surface area contributed by atoms with E-state index >= 15 is 0 Å². The maximum absolute atomic E-state index is 13.4. The molecule has 17 heavy (non-hydrogen) atoms. The molecule has 2 aromatic rings. The Morgan fingerprint density at radius 2 is 1.76 bits per heavy atom. The highest BCUT2D eigenvalue weighted by atomic mass is 19.1. The van der Waals surface area contributed by atoms with Crippen molar-refractivity contribution >= 4 is 0 Å². The lowest BCUT2D eigenvalue weighted by Crippen LogP contribution is -2.14. The maximum Gasteiger partial charge on any atom is 0.126 e. The summed E-state index contributed by atoms with van der Waals surface area (Å²) in [7, 11) is 0. The van der Waals surface area contributed by atoms with Crippen molar-refractivity contribution in [3.05, 3.63) is 65.7 Å². The van der Waals surface area contributed by atoms with Crippen LogP contribution in [0.5, 0.6) is 0 Å². The number of nitrogens with zero attached hydrogens (tertiary/aromatic N) is 1. The fourth-order valence-corrected chi connectivity index (χ4v) is 1.78. The van der Waals surface area contributed by atoms with E-state index in [9.17, 15) is 9.50 Å². The summed E-state index contributed by atoms with van der Waals surface area (Å²) in [6.07, 6.45) is 3.64. The highest BCUT2D eigenvalue weighted by Gasteiger charge is 2.09. The molecule has 3 heteroatoms. The SMILES string of the molecule is OC(Cc1ccncc1)Cc1ccccc1F. The smallest absolute Gasteiger partial charge is 0.126 e. The van der Waals surface area contributed by atoms with Crippen molar-refractivity contribution in [3.8, 4) is 0 Å². The molecule has 0 spiro atoms. The number of hydrogen-bond acceptors (Lipinski definition) is 2. The predicted octanol–water partition coefficient (Wildman–Crippen LogP) is 2.37. The van der Waals surface area contributed by atoms with Crippen molar-refractivity contribution in [1.82, 2.24) is 4.98 Å². The number of rotatable bonds is 4. The maximum atomic E-state index is 13.4. The third-order valence-corrected chi connectivity index (χ3v) is 2.63. The third kappa shape index (κ3) is 3.36.